The van der Waals surface area contributed by atoms with Crippen LogP contribution in [0, 0.1) is 5.82 Å². The molecule has 2 nitrogen and oxygen atoms in total. The lowest BCUT2D eigenvalue weighted by molar-refractivity contribution is 0.0312. The Balaban J connectivity index is 2.26. The van der Waals surface area contributed by atoms with Crippen molar-refractivity contribution in [2.75, 3.05) is 19.8 Å². The third-order valence-electron chi connectivity index (χ3n) is 3.40. The van der Waals surface area contributed by atoms with E-state index in [0.717, 1.165) is 31.4 Å². The molecule has 3 heteroatoms. The Morgan fingerprint density at radius 1 is 1.31 bits per heavy atom. The predicted molar refractivity (Wildman–Crippen MR) is 61.8 cm³/mol. The normalized spacial score (nSPS) is 25.6. The van der Waals surface area contributed by atoms with Gasteiger partial charge in [-0.3, -0.25) is 0 Å². The quantitative estimate of drug-likeness (QED) is 0.852. The smallest absolute Gasteiger partial charge is 0.123 e. The van der Waals surface area contributed by atoms with Gasteiger partial charge in [0.15, 0.2) is 0 Å². The fourth-order valence-corrected chi connectivity index (χ4v) is 2.50. The Kier molecular flexibility index (Phi) is 3.56. The topological polar surface area (TPSA) is 35.2 Å². The minimum atomic E-state index is -0.191. The monoisotopic (exact) mass is 223 g/mol. The van der Waals surface area contributed by atoms with Crippen LogP contribution in [-0.2, 0) is 10.2 Å². The molecule has 1 aliphatic heterocycles. The van der Waals surface area contributed by atoms with E-state index in [2.05, 4.69) is 0 Å². The second-order valence-corrected chi connectivity index (χ2v) is 4.48. The van der Waals surface area contributed by atoms with Crippen LogP contribution < -0.4 is 5.73 Å². The fraction of sp³-hybridized carbons (Fsp3) is 0.538. The van der Waals surface area contributed by atoms with E-state index in [0.29, 0.717) is 13.2 Å². The molecule has 2 rings (SSSR count). The highest BCUT2D eigenvalue weighted by atomic mass is 19.1. The zero-order chi connectivity index (χ0) is 11.4. The van der Waals surface area contributed by atoms with Crippen molar-refractivity contribution in [3.05, 3.63) is 35.6 Å². The molecule has 1 aromatic carbocycles. The molecule has 1 fully saturated rings. The lowest BCUT2D eigenvalue weighted by Crippen LogP contribution is -2.38. The molecule has 0 radical (unpaired) electrons. The highest BCUT2D eigenvalue weighted by Crippen LogP contribution is 2.35. The summed E-state index contributed by atoms with van der Waals surface area (Å²) in [6.07, 6.45) is 3.03. The highest BCUT2D eigenvalue weighted by molar-refractivity contribution is 5.26. The molecule has 1 heterocycles. The molecular formula is C13H18FNO. The largest absolute Gasteiger partial charge is 0.381 e. The third kappa shape index (κ3) is 2.25. The van der Waals surface area contributed by atoms with Crippen LogP contribution in [0.5, 0.6) is 0 Å². The molecule has 1 unspecified atom stereocenters. The minimum absolute atomic E-state index is 0.000694. The standard InChI is InChI=1S/C13H18FNO/c14-12-4-2-11(3-5-12)13(7-8-15)6-1-9-16-10-13/h2-5H,1,6-10,15H2. The van der Waals surface area contributed by atoms with E-state index in [-0.39, 0.29) is 11.2 Å². The van der Waals surface area contributed by atoms with Crippen LogP contribution >= 0.6 is 0 Å². The van der Waals surface area contributed by atoms with Crippen LogP contribution in [0.3, 0.4) is 0 Å². The van der Waals surface area contributed by atoms with Gasteiger partial charge in [-0.15, -0.1) is 0 Å². The maximum absolute atomic E-state index is 12.9. The van der Waals surface area contributed by atoms with Crippen LogP contribution in [0.15, 0.2) is 24.3 Å². The Hall–Kier alpha value is -0.930. The molecule has 0 saturated carbocycles. The molecule has 0 spiro atoms. The van der Waals surface area contributed by atoms with Crippen molar-refractivity contribution < 1.29 is 9.13 Å². The van der Waals surface area contributed by atoms with Gasteiger partial charge < -0.3 is 10.5 Å². The highest BCUT2D eigenvalue weighted by Gasteiger charge is 2.33. The zero-order valence-corrected chi connectivity index (χ0v) is 9.42. The Labute approximate surface area is 95.6 Å². The molecule has 16 heavy (non-hydrogen) atoms. The van der Waals surface area contributed by atoms with E-state index in [4.69, 9.17) is 10.5 Å². The summed E-state index contributed by atoms with van der Waals surface area (Å²) >= 11 is 0. The van der Waals surface area contributed by atoms with Crippen molar-refractivity contribution in [3.63, 3.8) is 0 Å². The summed E-state index contributed by atoms with van der Waals surface area (Å²) in [5.74, 6) is -0.191. The minimum Gasteiger partial charge on any atom is -0.381 e. The molecular weight excluding hydrogens is 205 g/mol. The average molecular weight is 223 g/mol. The van der Waals surface area contributed by atoms with Gasteiger partial charge in [0.05, 0.1) is 6.61 Å². The molecule has 0 bridgehead atoms. The Morgan fingerprint density at radius 2 is 2.06 bits per heavy atom. The van der Waals surface area contributed by atoms with E-state index in [1.54, 1.807) is 0 Å². The first-order valence-corrected chi connectivity index (χ1v) is 5.81. The van der Waals surface area contributed by atoms with Gasteiger partial charge in [0.2, 0.25) is 0 Å². The maximum atomic E-state index is 12.9. The summed E-state index contributed by atoms with van der Waals surface area (Å²) in [5, 5.41) is 0. The molecule has 88 valence electrons. The molecule has 0 aliphatic carbocycles. The lowest BCUT2D eigenvalue weighted by atomic mass is 9.74. The molecule has 2 N–H and O–H groups in total. The van der Waals surface area contributed by atoms with Gasteiger partial charge >= 0.3 is 0 Å². The first-order chi connectivity index (χ1) is 7.77. The molecule has 0 amide bonds. The first-order valence-electron chi connectivity index (χ1n) is 5.81. The van der Waals surface area contributed by atoms with E-state index < -0.39 is 0 Å². The number of hydrogen-bond acceptors (Lipinski definition) is 2. The van der Waals surface area contributed by atoms with Gasteiger partial charge in [-0.1, -0.05) is 12.1 Å². The van der Waals surface area contributed by atoms with E-state index in [1.165, 1.54) is 12.1 Å². The van der Waals surface area contributed by atoms with Crippen molar-refractivity contribution >= 4 is 0 Å². The van der Waals surface area contributed by atoms with Crippen molar-refractivity contribution in [1.29, 1.82) is 0 Å². The predicted octanol–water partition coefficient (Wildman–Crippen LogP) is 2.22. The third-order valence-corrected chi connectivity index (χ3v) is 3.40. The number of benzene rings is 1. The van der Waals surface area contributed by atoms with Gasteiger partial charge in [-0.2, -0.15) is 0 Å². The second kappa shape index (κ2) is 4.93. The van der Waals surface area contributed by atoms with E-state index in [9.17, 15) is 4.39 Å². The van der Waals surface area contributed by atoms with Crippen molar-refractivity contribution in [1.82, 2.24) is 0 Å². The van der Waals surface area contributed by atoms with Gasteiger partial charge in [-0.05, 0) is 43.5 Å². The van der Waals surface area contributed by atoms with Gasteiger partial charge in [0, 0.05) is 12.0 Å². The van der Waals surface area contributed by atoms with Crippen LogP contribution in [0.1, 0.15) is 24.8 Å². The summed E-state index contributed by atoms with van der Waals surface area (Å²) in [4.78, 5) is 0. The fourth-order valence-electron chi connectivity index (χ4n) is 2.50. The number of ether oxygens (including phenoxy) is 1. The molecule has 1 aromatic rings. The lowest BCUT2D eigenvalue weighted by Gasteiger charge is -2.37. The Morgan fingerprint density at radius 3 is 2.62 bits per heavy atom. The maximum Gasteiger partial charge on any atom is 0.123 e. The average Bonchev–Trinajstić information content (AvgIpc) is 2.31. The summed E-state index contributed by atoms with van der Waals surface area (Å²) in [7, 11) is 0. The number of nitrogens with two attached hydrogens (primary N) is 1. The number of rotatable bonds is 3. The van der Waals surface area contributed by atoms with E-state index >= 15 is 0 Å². The SMILES string of the molecule is NCCC1(c2ccc(F)cc2)CCCOC1. The molecule has 1 aliphatic rings. The van der Waals surface area contributed by atoms with Crippen molar-refractivity contribution in [2.45, 2.75) is 24.7 Å². The summed E-state index contributed by atoms with van der Waals surface area (Å²) < 4.78 is 18.5. The zero-order valence-electron chi connectivity index (χ0n) is 9.42. The molecule has 0 aromatic heterocycles. The van der Waals surface area contributed by atoms with Crippen LogP contribution in [0.2, 0.25) is 0 Å². The summed E-state index contributed by atoms with van der Waals surface area (Å²) in [6, 6.07) is 6.75. The molecule has 1 saturated heterocycles. The van der Waals surface area contributed by atoms with Crippen LogP contribution in [0.25, 0.3) is 0 Å². The first kappa shape index (κ1) is 11.6. The van der Waals surface area contributed by atoms with Crippen molar-refractivity contribution in [3.8, 4) is 0 Å². The summed E-state index contributed by atoms with van der Waals surface area (Å²) in [6.45, 7) is 2.17. The molecule has 1 atom stereocenters. The van der Waals surface area contributed by atoms with Crippen LogP contribution in [-0.4, -0.2) is 19.8 Å². The van der Waals surface area contributed by atoms with Crippen molar-refractivity contribution in [2.24, 2.45) is 5.73 Å². The number of hydrogen-bond donors (Lipinski definition) is 1. The van der Waals surface area contributed by atoms with Gasteiger partial charge in [-0.25, -0.2) is 4.39 Å². The number of halogens is 1. The van der Waals surface area contributed by atoms with Crippen LogP contribution in [0.4, 0.5) is 4.39 Å². The second-order valence-electron chi connectivity index (χ2n) is 4.48. The van der Waals surface area contributed by atoms with Gasteiger partial charge in [0.25, 0.3) is 0 Å². The van der Waals surface area contributed by atoms with Gasteiger partial charge in [0.1, 0.15) is 5.82 Å². The summed E-state index contributed by atoms with van der Waals surface area (Å²) in [5.41, 5.74) is 6.83. The Bertz CT molecular complexity index is 325. The van der Waals surface area contributed by atoms with E-state index in [1.807, 2.05) is 12.1 Å².